The monoisotopic (exact) mass is 333 g/mol. The van der Waals surface area contributed by atoms with Crippen molar-refractivity contribution in [2.45, 2.75) is 26.5 Å². The molecule has 1 atom stereocenters. The lowest BCUT2D eigenvalue weighted by Crippen LogP contribution is -2.17. The van der Waals surface area contributed by atoms with Crippen molar-refractivity contribution in [1.29, 1.82) is 0 Å². The molecule has 0 aliphatic heterocycles. The average Bonchev–Trinajstić information content (AvgIpc) is 2.47. The molecule has 2 nitrogen and oxygen atoms in total. The molecule has 0 fully saturated rings. The first kappa shape index (κ1) is 15.1. The van der Waals surface area contributed by atoms with E-state index in [1.165, 1.54) is 11.1 Å². The van der Waals surface area contributed by atoms with Crippen LogP contribution in [0.5, 0.6) is 5.75 Å². The molecule has 0 amide bonds. The van der Waals surface area contributed by atoms with Gasteiger partial charge in [0.1, 0.15) is 12.4 Å². The van der Waals surface area contributed by atoms with Gasteiger partial charge in [-0.1, -0.05) is 43.3 Å². The third kappa shape index (κ3) is 4.09. The van der Waals surface area contributed by atoms with Gasteiger partial charge in [0.2, 0.25) is 0 Å². The Morgan fingerprint density at radius 3 is 2.55 bits per heavy atom. The van der Waals surface area contributed by atoms with Crippen LogP contribution < -0.4 is 10.1 Å². The number of rotatable bonds is 6. The van der Waals surface area contributed by atoms with Gasteiger partial charge in [-0.25, -0.2) is 0 Å². The maximum absolute atomic E-state index is 5.85. The largest absolute Gasteiger partial charge is 0.488 e. The van der Waals surface area contributed by atoms with Crippen molar-refractivity contribution in [3.63, 3.8) is 0 Å². The van der Waals surface area contributed by atoms with Gasteiger partial charge in [-0.3, -0.25) is 0 Å². The molecule has 2 aromatic carbocycles. The topological polar surface area (TPSA) is 21.3 Å². The third-order valence-corrected chi connectivity index (χ3v) is 3.82. The van der Waals surface area contributed by atoms with Crippen molar-refractivity contribution in [3.05, 3.63) is 64.1 Å². The van der Waals surface area contributed by atoms with Gasteiger partial charge >= 0.3 is 0 Å². The van der Waals surface area contributed by atoms with Crippen LogP contribution >= 0.6 is 15.9 Å². The lowest BCUT2D eigenvalue weighted by molar-refractivity contribution is 0.304. The fourth-order valence-electron chi connectivity index (χ4n) is 2.06. The van der Waals surface area contributed by atoms with Crippen molar-refractivity contribution in [1.82, 2.24) is 5.32 Å². The first-order chi connectivity index (χ1) is 9.70. The second-order valence-electron chi connectivity index (χ2n) is 4.74. The van der Waals surface area contributed by atoms with Crippen molar-refractivity contribution in [2.24, 2.45) is 0 Å². The Hall–Kier alpha value is -1.32. The van der Waals surface area contributed by atoms with E-state index in [0.717, 1.165) is 16.8 Å². The first-order valence-corrected chi connectivity index (χ1v) is 7.69. The van der Waals surface area contributed by atoms with Crippen molar-refractivity contribution >= 4 is 15.9 Å². The third-order valence-electron chi connectivity index (χ3n) is 3.20. The van der Waals surface area contributed by atoms with Crippen LogP contribution in [0.3, 0.4) is 0 Å². The molecule has 106 valence electrons. The van der Waals surface area contributed by atoms with Crippen LogP contribution in [0.2, 0.25) is 0 Å². The molecule has 2 aromatic rings. The summed E-state index contributed by atoms with van der Waals surface area (Å²) in [6.07, 6.45) is 0. The summed E-state index contributed by atoms with van der Waals surface area (Å²) in [5.41, 5.74) is 2.43. The van der Waals surface area contributed by atoms with Gasteiger partial charge < -0.3 is 10.1 Å². The summed E-state index contributed by atoms with van der Waals surface area (Å²) < 4.78 is 6.85. The molecule has 20 heavy (non-hydrogen) atoms. The Morgan fingerprint density at radius 2 is 1.90 bits per heavy atom. The minimum atomic E-state index is 0.347. The van der Waals surface area contributed by atoms with E-state index in [9.17, 15) is 0 Å². The van der Waals surface area contributed by atoms with Gasteiger partial charge in [0, 0.05) is 6.04 Å². The van der Waals surface area contributed by atoms with E-state index in [1.807, 2.05) is 24.3 Å². The van der Waals surface area contributed by atoms with E-state index < -0.39 is 0 Å². The summed E-state index contributed by atoms with van der Waals surface area (Å²) in [7, 11) is 0. The molecule has 0 radical (unpaired) electrons. The quantitative estimate of drug-likeness (QED) is 0.827. The van der Waals surface area contributed by atoms with Crippen LogP contribution in [0.4, 0.5) is 0 Å². The highest BCUT2D eigenvalue weighted by atomic mass is 79.9. The first-order valence-electron chi connectivity index (χ1n) is 6.90. The summed E-state index contributed by atoms with van der Waals surface area (Å²) in [4.78, 5) is 0. The molecule has 0 aliphatic carbocycles. The summed E-state index contributed by atoms with van der Waals surface area (Å²) in [6.45, 7) is 5.82. The maximum Gasteiger partial charge on any atom is 0.134 e. The normalized spacial score (nSPS) is 12.2. The predicted molar refractivity (Wildman–Crippen MR) is 87.0 cm³/mol. The summed E-state index contributed by atoms with van der Waals surface area (Å²) in [5, 5.41) is 3.40. The van der Waals surface area contributed by atoms with Crippen LogP contribution in [-0.2, 0) is 6.61 Å². The summed E-state index contributed by atoms with van der Waals surface area (Å²) in [5.74, 6) is 0.876. The molecule has 0 spiro atoms. The van der Waals surface area contributed by atoms with Crippen LogP contribution in [0.15, 0.2) is 53.0 Å². The molecule has 1 unspecified atom stereocenters. The molecule has 2 rings (SSSR count). The van der Waals surface area contributed by atoms with Gasteiger partial charge in [0.15, 0.2) is 0 Å². The number of hydrogen-bond donors (Lipinski definition) is 1. The summed E-state index contributed by atoms with van der Waals surface area (Å²) in [6, 6.07) is 16.8. The lowest BCUT2D eigenvalue weighted by atomic mass is 10.1. The number of hydrogen-bond acceptors (Lipinski definition) is 2. The molecule has 0 bridgehead atoms. The standard InChI is InChI=1S/C17H20BrNO/c1-3-19-13(2)15-9-10-17(16(18)11-15)20-12-14-7-5-4-6-8-14/h4-11,13,19H,3,12H2,1-2H3. The lowest BCUT2D eigenvalue weighted by Gasteiger charge is -2.15. The smallest absolute Gasteiger partial charge is 0.134 e. The van der Waals surface area contributed by atoms with Crippen molar-refractivity contribution in [3.8, 4) is 5.75 Å². The van der Waals surface area contributed by atoms with E-state index in [-0.39, 0.29) is 0 Å². The zero-order valence-electron chi connectivity index (χ0n) is 11.9. The molecular weight excluding hydrogens is 314 g/mol. The van der Waals surface area contributed by atoms with Crippen molar-refractivity contribution < 1.29 is 4.74 Å². The predicted octanol–water partition coefficient (Wildman–Crippen LogP) is 4.70. The number of benzene rings is 2. The highest BCUT2D eigenvalue weighted by Crippen LogP contribution is 2.29. The zero-order valence-corrected chi connectivity index (χ0v) is 13.5. The van der Waals surface area contributed by atoms with Gasteiger partial charge in [-0.05, 0) is 52.7 Å². The number of ether oxygens (including phenoxy) is 1. The van der Waals surface area contributed by atoms with Crippen LogP contribution in [-0.4, -0.2) is 6.54 Å². The minimum absolute atomic E-state index is 0.347. The Labute approximate surface area is 129 Å². The van der Waals surface area contributed by atoms with Gasteiger partial charge in [0.05, 0.1) is 4.47 Å². The molecule has 0 aromatic heterocycles. The summed E-state index contributed by atoms with van der Waals surface area (Å²) >= 11 is 3.59. The van der Waals surface area contributed by atoms with Gasteiger partial charge in [-0.15, -0.1) is 0 Å². The maximum atomic E-state index is 5.85. The molecule has 1 N–H and O–H groups in total. The Balaban J connectivity index is 2.02. The Kier molecular flexibility index (Phi) is 5.62. The number of nitrogens with one attached hydrogen (secondary N) is 1. The van der Waals surface area contributed by atoms with Gasteiger partial charge in [-0.2, -0.15) is 0 Å². The molecule has 0 heterocycles. The van der Waals surface area contributed by atoms with E-state index in [1.54, 1.807) is 0 Å². The molecule has 3 heteroatoms. The second-order valence-corrected chi connectivity index (χ2v) is 5.60. The zero-order chi connectivity index (χ0) is 14.4. The molecule has 0 saturated heterocycles. The van der Waals surface area contributed by atoms with Crippen molar-refractivity contribution in [2.75, 3.05) is 6.54 Å². The molecule has 0 aliphatic rings. The molecular formula is C17H20BrNO. The highest BCUT2D eigenvalue weighted by Gasteiger charge is 2.08. The van der Waals surface area contributed by atoms with E-state index in [2.05, 4.69) is 59.4 Å². The SMILES string of the molecule is CCNC(C)c1ccc(OCc2ccccc2)c(Br)c1. The Morgan fingerprint density at radius 1 is 1.15 bits per heavy atom. The average molecular weight is 334 g/mol. The highest BCUT2D eigenvalue weighted by molar-refractivity contribution is 9.10. The van der Waals surface area contributed by atoms with Crippen LogP contribution in [0.1, 0.15) is 31.0 Å². The molecule has 0 saturated carbocycles. The van der Waals surface area contributed by atoms with E-state index in [0.29, 0.717) is 12.6 Å². The second kappa shape index (κ2) is 7.46. The van der Waals surface area contributed by atoms with Gasteiger partial charge in [0.25, 0.3) is 0 Å². The van der Waals surface area contributed by atoms with Crippen LogP contribution in [0.25, 0.3) is 0 Å². The fourth-order valence-corrected chi connectivity index (χ4v) is 2.57. The van der Waals surface area contributed by atoms with Crippen LogP contribution in [0, 0.1) is 0 Å². The Bertz CT molecular complexity index is 542. The minimum Gasteiger partial charge on any atom is -0.488 e. The number of halogens is 1. The fraction of sp³-hybridized carbons (Fsp3) is 0.294. The van der Waals surface area contributed by atoms with E-state index in [4.69, 9.17) is 4.74 Å². The van der Waals surface area contributed by atoms with E-state index >= 15 is 0 Å².